The van der Waals surface area contributed by atoms with Gasteiger partial charge in [-0.3, -0.25) is 4.79 Å². The summed E-state index contributed by atoms with van der Waals surface area (Å²) in [5.74, 6) is 0.526. The van der Waals surface area contributed by atoms with E-state index in [1.807, 2.05) is 6.92 Å². The third kappa shape index (κ3) is 4.64. The van der Waals surface area contributed by atoms with Gasteiger partial charge >= 0.3 is 0 Å². The van der Waals surface area contributed by atoms with Crippen LogP contribution in [0, 0.1) is 6.92 Å². The first-order chi connectivity index (χ1) is 14.3. The molecule has 1 aromatic rings. The van der Waals surface area contributed by atoms with Gasteiger partial charge in [-0.1, -0.05) is 0 Å². The lowest BCUT2D eigenvalue weighted by molar-refractivity contribution is -0.136. The topological polar surface area (TPSA) is 111 Å². The molecule has 0 radical (unpaired) electrons. The summed E-state index contributed by atoms with van der Waals surface area (Å²) in [5, 5.41) is 0. The van der Waals surface area contributed by atoms with E-state index in [0.717, 1.165) is 43.2 Å². The molecule has 10 heteroatoms. The van der Waals surface area contributed by atoms with Gasteiger partial charge in [0.15, 0.2) is 6.61 Å². The van der Waals surface area contributed by atoms with Crippen molar-refractivity contribution in [1.29, 1.82) is 0 Å². The highest BCUT2D eigenvalue weighted by atomic mass is 32.2. The van der Waals surface area contributed by atoms with E-state index in [1.165, 1.54) is 6.33 Å². The summed E-state index contributed by atoms with van der Waals surface area (Å²) in [5.41, 5.74) is 2.35. The summed E-state index contributed by atoms with van der Waals surface area (Å²) in [6, 6.07) is -0.491. The molecule has 4 heterocycles. The number of hydrogen-bond donors (Lipinski definition) is 0. The zero-order valence-electron chi connectivity index (χ0n) is 17.4. The molecule has 0 N–H and O–H groups in total. The Hall–Kier alpha value is -2.07. The molecule has 1 aromatic heterocycles. The van der Waals surface area contributed by atoms with E-state index in [9.17, 15) is 13.2 Å². The van der Waals surface area contributed by atoms with Gasteiger partial charge in [-0.25, -0.2) is 18.4 Å². The molecule has 164 valence electrons. The molecule has 1 amide bonds. The van der Waals surface area contributed by atoms with Gasteiger partial charge in [-0.2, -0.15) is 4.40 Å². The monoisotopic (exact) mass is 436 g/mol. The van der Waals surface area contributed by atoms with E-state index in [0.29, 0.717) is 31.0 Å². The Morgan fingerprint density at radius 1 is 1.20 bits per heavy atom. The maximum atomic E-state index is 13.0. The van der Waals surface area contributed by atoms with Gasteiger partial charge in [0.25, 0.3) is 5.91 Å². The lowest BCUT2D eigenvalue weighted by Crippen LogP contribution is -2.53. The van der Waals surface area contributed by atoms with Crippen molar-refractivity contribution >= 4 is 21.6 Å². The van der Waals surface area contributed by atoms with Crippen molar-refractivity contribution in [3.63, 3.8) is 0 Å². The van der Waals surface area contributed by atoms with Gasteiger partial charge in [0.05, 0.1) is 30.7 Å². The number of aromatic nitrogens is 2. The van der Waals surface area contributed by atoms with Crippen molar-refractivity contribution in [3.05, 3.63) is 17.6 Å². The molecular weight excluding hydrogens is 408 g/mol. The number of amides is 1. The molecule has 0 spiro atoms. The lowest BCUT2D eigenvalue weighted by atomic mass is 9.82. The molecule has 0 aromatic carbocycles. The van der Waals surface area contributed by atoms with Crippen LogP contribution in [0.2, 0.25) is 0 Å². The molecule has 2 fully saturated rings. The predicted molar refractivity (Wildman–Crippen MR) is 110 cm³/mol. The van der Waals surface area contributed by atoms with Crippen molar-refractivity contribution in [1.82, 2.24) is 14.9 Å². The highest BCUT2D eigenvalue weighted by molar-refractivity contribution is 7.89. The molecule has 1 atom stereocenters. The molecule has 1 aliphatic carbocycles. The highest BCUT2D eigenvalue weighted by Crippen LogP contribution is 2.39. The number of nitrogens with zero attached hydrogens (tertiary/aromatic N) is 4. The van der Waals surface area contributed by atoms with Crippen LogP contribution in [0.1, 0.15) is 55.7 Å². The Bertz CT molecular complexity index is 941. The van der Waals surface area contributed by atoms with Crippen LogP contribution in [0.4, 0.5) is 0 Å². The molecule has 30 heavy (non-hydrogen) atoms. The molecule has 3 aliphatic heterocycles. The summed E-state index contributed by atoms with van der Waals surface area (Å²) in [4.78, 5) is 23.3. The normalized spacial score (nSPS) is 29.3. The molecule has 5 rings (SSSR count). The van der Waals surface area contributed by atoms with Crippen LogP contribution in [0.25, 0.3) is 0 Å². The standard InChI is InChI=1S/C20H28N4O5S/c1-13-19-14-5-7-15(8-6-14)28-10-17-16(23-30(2,26)27)4-3-9-24(17)18(25)11-29-20(19)22-12-21-13/h12,14-15,17H,3-11H2,1-2H3/b23-16+/t14?,15?,17-/m0/s1. The number of sulfonamides is 1. The van der Waals surface area contributed by atoms with Gasteiger partial charge in [-0.05, 0) is 51.4 Å². The molecule has 2 bridgehead atoms. The van der Waals surface area contributed by atoms with Gasteiger partial charge < -0.3 is 14.4 Å². The predicted octanol–water partition coefficient (Wildman–Crippen LogP) is 1.61. The molecular formula is C20H28N4O5S. The van der Waals surface area contributed by atoms with Gasteiger partial charge in [0.2, 0.25) is 15.9 Å². The third-order valence-electron chi connectivity index (χ3n) is 6.15. The second kappa shape index (κ2) is 8.58. The SMILES string of the molecule is Cc1ncnc2c1C1CCC(CC1)OC[C@H]1/C(=N/S(C)(=O)=O)CCCN1C(=O)CO2. The summed E-state index contributed by atoms with van der Waals surface area (Å²) in [6.07, 6.45) is 7.44. The number of piperidine rings is 1. The van der Waals surface area contributed by atoms with Gasteiger partial charge in [0.1, 0.15) is 6.33 Å². The van der Waals surface area contributed by atoms with E-state index in [4.69, 9.17) is 9.47 Å². The first-order valence-electron chi connectivity index (χ1n) is 10.5. The molecule has 9 nitrogen and oxygen atoms in total. The Balaban J connectivity index is 1.68. The van der Waals surface area contributed by atoms with Crippen molar-refractivity contribution in [2.75, 3.05) is 26.0 Å². The first-order valence-corrected chi connectivity index (χ1v) is 12.3. The maximum Gasteiger partial charge on any atom is 0.261 e. The van der Waals surface area contributed by atoms with Crippen molar-refractivity contribution in [2.24, 2.45) is 4.40 Å². The van der Waals surface area contributed by atoms with Crippen LogP contribution in [-0.4, -0.2) is 73.1 Å². The number of aryl methyl sites for hydroxylation is 1. The van der Waals surface area contributed by atoms with Crippen LogP contribution in [-0.2, 0) is 19.6 Å². The lowest BCUT2D eigenvalue weighted by Gasteiger charge is -2.37. The van der Waals surface area contributed by atoms with Crippen LogP contribution in [0.5, 0.6) is 5.88 Å². The summed E-state index contributed by atoms with van der Waals surface area (Å²) < 4.78 is 39.6. The number of carbonyl (C=O) groups excluding carboxylic acids is 1. The first kappa shape index (κ1) is 21.2. The van der Waals surface area contributed by atoms with Crippen LogP contribution in [0.15, 0.2) is 10.7 Å². The number of carbonyl (C=O) groups is 1. The Kier molecular flexibility index (Phi) is 6.06. The van der Waals surface area contributed by atoms with E-state index >= 15 is 0 Å². The van der Waals surface area contributed by atoms with Gasteiger partial charge in [-0.15, -0.1) is 0 Å². The number of rotatable bonds is 1. The molecule has 0 unspecified atom stereocenters. The quantitative estimate of drug-likeness (QED) is 0.657. The average Bonchev–Trinajstić information content (AvgIpc) is 2.71. The molecule has 1 saturated carbocycles. The zero-order chi connectivity index (χ0) is 21.3. The number of hydrogen-bond acceptors (Lipinski definition) is 7. The van der Waals surface area contributed by atoms with E-state index < -0.39 is 16.1 Å². The van der Waals surface area contributed by atoms with Crippen molar-refractivity contribution in [3.8, 4) is 5.88 Å². The fourth-order valence-corrected chi connectivity index (χ4v) is 5.38. The van der Waals surface area contributed by atoms with Crippen LogP contribution in [0.3, 0.4) is 0 Å². The van der Waals surface area contributed by atoms with E-state index in [-0.39, 0.29) is 31.1 Å². The van der Waals surface area contributed by atoms with Crippen molar-refractivity contribution in [2.45, 2.75) is 63.5 Å². The summed E-state index contributed by atoms with van der Waals surface area (Å²) in [7, 11) is -3.56. The van der Waals surface area contributed by atoms with Crippen LogP contribution >= 0.6 is 0 Å². The average molecular weight is 437 g/mol. The van der Waals surface area contributed by atoms with E-state index in [2.05, 4.69) is 14.4 Å². The second-order valence-corrected chi connectivity index (χ2v) is 9.94. The number of fused-ring (bicyclic) bond motifs is 5. The fourth-order valence-electron chi connectivity index (χ4n) is 4.74. The number of ether oxygens (including phenoxy) is 2. The minimum absolute atomic E-state index is 0.0784. The molecule has 1 saturated heterocycles. The zero-order valence-corrected chi connectivity index (χ0v) is 18.2. The van der Waals surface area contributed by atoms with Crippen molar-refractivity contribution < 1.29 is 22.7 Å². The minimum atomic E-state index is -3.56. The van der Waals surface area contributed by atoms with E-state index in [1.54, 1.807) is 4.90 Å². The highest BCUT2D eigenvalue weighted by Gasteiger charge is 2.35. The largest absolute Gasteiger partial charge is 0.467 e. The van der Waals surface area contributed by atoms with Gasteiger partial charge in [0, 0.05) is 17.8 Å². The maximum absolute atomic E-state index is 13.0. The Morgan fingerprint density at radius 3 is 2.70 bits per heavy atom. The Labute approximate surface area is 176 Å². The molecule has 4 aliphatic rings. The Morgan fingerprint density at radius 2 is 1.97 bits per heavy atom. The minimum Gasteiger partial charge on any atom is -0.467 e. The summed E-state index contributed by atoms with van der Waals surface area (Å²) in [6.45, 7) is 2.55. The second-order valence-electron chi connectivity index (χ2n) is 8.30. The third-order valence-corrected chi connectivity index (χ3v) is 6.71. The smallest absolute Gasteiger partial charge is 0.261 e. The summed E-state index contributed by atoms with van der Waals surface area (Å²) >= 11 is 0. The fraction of sp³-hybridized carbons (Fsp3) is 0.700. The van der Waals surface area contributed by atoms with Crippen LogP contribution < -0.4 is 4.74 Å².